The van der Waals surface area contributed by atoms with Crippen molar-refractivity contribution < 1.29 is 20.1 Å². The summed E-state index contributed by atoms with van der Waals surface area (Å²) in [5.41, 5.74) is 1.32. The Bertz CT molecular complexity index is 419. The third kappa shape index (κ3) is 3.53. The molecule has 0 aliphatic heterocycles. The van der Waals surface area contributed by atoms with Gasteiger partial charge in [-0.3, -0.25) is 0 Å². The Morgan fingerprint density at radius 2 is 2.06 bits per heavy atom. The molecule has 1 rings (SSSR count). The molecule has 0 aromatic heterocycles. The number of carbonyl (C=O) groups is 1. The van der Waals surface area contributed by atoms with Crippen molar-refractivity contribution in [2.45, 2.75) is 25.6 Å². The average molecular weight is 253 g/mol. The smallest absolute Gasteiger partial charge is 0.335 e. The molecule has 0 bridgehead atoms. The molecule has 0 heterocycles. The van der Waals surface area contributed by atoms with E-state index in [9.17, 15) is 15.0 Å². The van der Waals surface area contributed by atoms with Crippen LogP contribution in [0, 0.1) is 6.92 Å². The third-order valence-electron chi connectivity index (χ3n) is 2.90. The first-order valence-corrected chi connectivity index (χ1v) is 5.82. The quantitative estimate of drug-likeness (QED) is 0.599. The average Bonchev–Trinajstić information content (AvgIpc) is 2.35. The Morgan fingerprint density at radius 1 is 1.39 bits per heavy atom. The lowest BCUT2D eigenvalue weighted by molar-refractivity contribution is 0.0136. The van der Waals surface area contributed by atoms with Crippen LogP contribution in [0.1, 0.15) is 34.0 Å². The van der Waals surface area contributed by atoms with Crippen LogP contribution in [0.5, 0.6) is 0 Å². The number of hydrogen-bond acceptors (Lipinski definition) is 4. The molecule has 4 N–H and O–H groups in total. The molecule has 18 heavy (non-hydrogen) atoms. The Labute approximate surface area is 106 Å². The number of aliphatic hydroxyl groups is 2. The Morgan fingerprint density at radius 3 is 2.61 bits per heavy atom. The number of aliphatic hydroxyl groups excluding tert-OH is 2. The fraction of sp³-hybridized carbons (Fsp3) is 0.462. The minimum atomic E-state index is -1.07. The van der Waals surface area contributed by atoms with Gasteiger partial charge in [0, 0.05) is 0 Å². The molecule has 0 aliphatic rings. The summed E-state index contributed by atoms with van der Waals surface area (Å²) in [6.45, 7) is 2.35. The van der Waals surface area contributed by atoms with Gasteiger partial charge in [-0.05, 0) is 50.2 Å². The van der Waals surface area contributed by atoms with Gasteiger partial charge in [-0.2, -0.15) is 0 Å². The van der Waals surface area contributed by atoms with Gasteiger partial charge in [0.25, 0.3) is 0 Å². The van der Waals surface area contributed by atoms with Gasteiger partial charge < -0.3 is 20.6 Å². The van der Waals surface area contributed by atoms with Crippen LogP contribution >= 0.6 is 0 Å². The van der Waals surface area contributed by atoms with Gasteiger partial charge in [0.15, 0.2) is 0 Å². The molecule has 0 spiro atoms. The number of carboxylic acid groups (broad SMARTS) is 1. The second-order valence-corrected chi connectivity index (χ2v) is 4.28. The van der Waals surface area contributed by atoms with Crippen LogP contribution in [0.4, 0.5) is 0 Å². The normalized spacial score (nSPS) is 14.2. The van der Waals surface area contributed by atoms with Crippen molar-refractivity contribution in [3.8, 4) is 0 Å². The zero-order valence-corrected chi connectivity index (χ0v) is 10.6. The number of aryl methyl sites for hydroxylation is 1. The monoisotopic (exact) mass is 253 g/mol. The first-order valence-electron chi connectivity index (χ1n) is 5.82. The summed E-state index contributed by atoms with van der Waals surface area (Å²) >= 11 is 0. The van der Waals surface area contributed by atoms with E-state index < -0.39 is 18.2 Å². The van der Waals surface area contributed by atoms with Crippen molar-refractivity contribution >= 4 is 5.97 Å². The maximum absolute atomic E-state index is 10.9. The molecule has 2 unspecified atom stereocenters. The SMILES string of the molecule is CNCCC(O)C(O)c1cc(C(=O)O)ccc1C. The first-order chi connectivity index (χ1) is 8.47. The molecule has 2 atom stereocenters. The maximum atomic E-state index is 10.9. The van der Waals surface area contributed by atoms with E-state index in [4.69, 9.17) is 5.11 Å². The van der Waals surface area contributed by atoms with Crippen LogP contribution in [0.3, 0.4) is 0 Å². The number of carboxylic acids is 1. The number of aromatic carboxylic acids is 1. The second kappa shape index (κ2) is 6.49. The van der Waals surface area contributed by atoms with E-state index in [0.29, 0.717) is 18.5 Å². The molecule has 0 aliphatic carbocycles. The van der Waals surface area contributed by atoms with Gasteiger partial charge >= 0.3 is 5.97 Å². The molecule has 100 valence electrons. The van der Waals surface area contributed by atoms with Crippen molar-refractivity contribution in [2.24, 2.45) is 0 Å². The molecule has 0 saturated heterocycles. The highest BCUT2D eigenvalue weighted by Gasteiger charge is 2.20. The van der Waals surface area contributed by atoms with Crippen molar-refractivity contribution in [3.05, 3.63) is 34.9 Å². The van der Waals surface area contributed by atoms with E-state index >= 15 is 0 Å². The van der Waals surface area contributed by atoms with Gasteiger partial charge in [-0.25, -0.2) is 4.79 Å². The van der Waals surface area contributed by atoms with Crippen LogP contribution in [0.15, 0.2) is 18.2 Å². The molecule has 5 heteroatoms. The molecule has 1 aromatic carbocycles. The van der Waals surface area contributed by atoms with Gasteiger partial charge in [-0.15, -0.1) is 0 Å². The predicted molar refractivity (Wildman–Crippen MR) is 67.6 cm³/mol. The largest absolute Gasteiger partial charge is 0.478 e. The van der Waals surface area contributed by atoms with Crippen molar-refractivity contribution in [2.75, 3.05) is 13.6 Å². The fourth-order valence-electron chi connectivity index (χ4n) is 1.75. The molecule has 0 amide bonds. The highest BCUT2D eigenvalue weighted by molar-refractivity contribution is 5.87. The van der Waals surface area contributed by atoms with Crippen LogP contribution < -0.4 is 5.32 Å². The Hall–Kier alpha value is -1.43. The molecule has 5 nitrogen and oxygen atoms in total. The summed E-state index contributed by atoms with van der Waals surface area (Å²) < 4.78 is 0. The summed E-state index contributed by atoms with van der Waals surface area (Å²) in [4.78, 5) is 10.9. The van der Waals surface area contributed by atoms with Gasteiger partial charge in [0.05, 0.1) is 11.7 Å². The van der Waals surface area contributed by atoms with Crippen LogP contribution in [-0.2, 0) is 0 Å². The van der Waals surface area contributed by atoms with Gasteiger partial charge in [0.1, 0.15) is 6.10 Å². The van der Waals surface area contributed by atoms with Gasteiger partial charge in [0.2, 0.25) is 0 Å². The molecule has 0 fully saturated rings. The van der Waals surface area contributed by atoms with Gasteiger partial charge in [-0.1, -0.05) is 6.07 Å². The summed E-state index contributed by atoms with van der Waals surface area (Å²) in [6, 6.07) is 4.52. The topological polar surface area (TPSA) is 89.8 Å². The summed E-state index contributed by atoms with van der Waals surface area (Å²) in [7, 11) is 1.76. The Balaban J connectivity index is 2.93. The number of nitrogens with one attached hydrogen (secondary N) is 1. The van der Waals surface area contributed by atoms with E-state index in [1.807, 2.05) is 0 Å². The van der Waals surface area contributed by atoms with E-state index in [-0.39, 0.29) is 5.56 Å². The lowest BCUT2D eigenvalue weighted by atomic mass is 9.96. The highest BCUT2D eigenvalue weighted by Crippen LogP contribution is 2.23. The molecular weight excluding hydrogens is 234 g/mol. The summed E-state index contributed by atoms with van der Waals surface area (Å²) in [6.07, 6.45) is -1.59. The van der Waals surface area contributed by atoms with E-state index in [1.165, 1.54) is 12.1 Å². The van der Waals surface area contributed by atoms with Crippen molar-refractivity contribution in [3.63, 3.8) is 0 Å². The third-order valence-corrected chi connectivity index (χ3v) is 2.90. The van der Waals surface area contributed by atoms with Crippen molar-refractivity contribution in [1.29, 1.82) is 0 Å². The van der Waals surface area contributed by atoms with Crippen LogP contribution in [-0.4, -0.2) is 41.0 Å². The van der Waals surface area contributed by atoms with E-state index in [2.05, 4.69) is 5.32 Å². The molecule has 0 radical (unpaired) electrons. The summed E-state index contributed by atoms with van der Waals surface area (Å²) in [5.74, 6) is -1.05. The second-order valence-electron chi connectivity index (χ2n) is 4.28. The standard InChI is InChI=1S/C13H19NO4/c1-8-3-4-9(13(17)18)7-10(8)12(16)11(15)5-6-14-2/h3-4,7,11-12,14-16H,5-6H2,1-2H3,(H,17,18). The van der Waals surface area contributed by atoms with Crippen LogP contribution in [0.2, 0.25) is 0 Å². The maximum Gasteiger partial charge on any atom is 0.335 e. The minimum Gasteiger partial charge on any atom is -0.478 e. The molecule has 0 saturated carbocycles. The first kappa shape index (κ1) is 14.6. The zero-order valence-electron chi connectivity index (χ0n) is 10.6. The molecule has 1 aromatic rings. The van der Waals surface area contributed by atoms with E-state index in [1.54, 1.807) is 20.0 Å². The zero-order chi connectivity index (χ0) is 13.7. The Kier molecular flexibility index (Phi) is 5.27. The molecular formula is C13H19NO4. The van der Waals surface area contributed by atoms with Crippen molar-refractivity contribution in [1.82, 2.24) is 5.32 Å². The summed E-state index contributed by atoms with van der Waals surface area (Å²) in [5, 5.41) is 31.6. The fourth-order valence-corrected chi connectivity index (χ4v) is 1.75. The van der Waals surface area contributed by atoms with E-state index in [0.717, 1.165) is 5.56 Å². The highest BCUT2D eigenvalue weighted by atomic mass is 16.4. The predicted octanol–water partition coefficient (Wildman–Crippen LogP) is 0.697. The number of hydrogen-bond donors (Lipinski definition) is 4. The number of benzene rings is 1. The number of rotatable bonds is 6. The lowest BCUT2D eigenvalue weighted by Gasteiger charge is -2.20. The minimum absolute atomic E-state index is 0.107. The lowest BCUT2D eigenvalue weighted by Crippen LogP contribution is -2.24. The van der Waals surface area contributed by atoms with Crippen LogP contribution in [0.25, 0.3) is 0 Å².